The summed E-state index contributed by atoms with van der Waals surface area (Å²) in [5.74, 6) is -2.05. The van der Waals surface area contributed by atoms with Gasteiger partial charge in [-0.2, -0.15) is 5.48 Å². The fourth-order valence-corrected chi connectivity index (χ4v) is 5.15. The van der Waals surface area contributed by atoms with E-state index in [0.717, 1.165) is 10.4 Å². The molecule has 2 aliphatic heterocycles. The van der Waals surface area contributed by atoms with Crippen molar-refractivity contribution in [3.8, 4) is 5.75 Å². The molecule has 36 heavy (non-hydrogen) atoms. The molecule has 7 nitrogen and oxygen atoms in total. The van der Waals surface area contributed by atoms with Gasteiger partial charge in [-0.25, -0.2) is 18.9 Å². The van der Waals surface area contributed by atoms with E-state index in [1.54, 1.807) is 24.3 Å². The Kier molecular flexibility index (Phi) is 6.38. The minimum absolute atomic E-state index is 0.0554. The average molecular weight is 515 g/mol. The summed E-state index contributed by atoms with van der Waals surface area (Å²) in [5.41, 5.74) is 2.26. The number of ether oxygens (including phenoxy) is 1. The highest BCUT2D eigenvalue weighted by molar-refractivity contribution is 6.35. The number of hydrogen-bond donors (Lipinski definition) is 2. The topological polar surface area (TPSA) is 86.7 Å². The van der Waals surface area contributed by atoms with Gasteiger partial charge in [0.25, 0.3) is 11.8 Å². The molecule has 3 N–H and O–H groups in total. The first kappa shape index (κ1) is 24.2. The Morgan fingerprint density at radius 1 is 0.972 bits per heavy atom. The number of carbonyl (C=O) groups excluding carboxylic acids is 2. The molecule has 0 bridgehead atoms. The fourth-order valence-electron chi connectivity index (χ4n) is 4.94. The Morgan fingerprint density at radius 3 is 2.19 bits per heavy atom. The molecule has 0 aliphatic carbocycles. The Balaban J connectivity index is 1.39. The lowest BCUT2D eigenvalue weighted by Gasteiger charge is -2.34. The number of piperidine rings is 1. The van der Waals surface area contributed by atoms with Crippen molar-refractivity contribution >= 4 is 40.5 Å². The summed E-state index contributed by atoms with van der Waals surface area (Å²) in [6.45, 7) is 0.921. The molecule has 3 aromatic rings. The third-order valence-corrected chi connectivity index (χ3v) is 7.14. The van der Waals surface area contributed by atoms with Gasteiger partial charge in [-0.05, 0) is 48.6 Å². The van der Waals surface area contributed by atoms with E-state index in [0.29, 0.717) is 37.2 Å². The molecule has 0 spiro atoms. The Labute approximate surface area is 210 Å². The number of methoxy groups -OCH3 is 1. The maximum Gasteiger partial charge on any atom is 0.266 e. The average Bonchev–Trinajstić information content (AvgIpc) is 3.15. The minimum atomic E-state index is -0.544. The van der Waals surface area contributed by atoms with E-state index in [2.05, 4.69) is 0 Å². The molecule has 0 saturated carbocycles. The van der Waals surface area contributed by atoms with E-state index in [1.807, 2.05) is 4.90 Å². The highest BCUT2D eigenvalue weighted by Crippen LogP contribution is 2.41. The maximum atomic E-state index is 15.4. The van der Waals surface area contributed by atoms with Crippen LogP contribution in [0, 0.1) is 11.6 Å². The zero-order chi connectivity index (χ0) is 25.6. The lowest BCUT2D eigenvalue weighted by molar-refractivity contribution is -0.825. The van der Waals surface area contributed by atoms with Crippen molar-refractivity contribution in [3.05, 3.63) is 81.9 Å². The number of benzene rings is 3. The molecule has 0 unspecified atom stereocenters. The summed E-state index contributed by atoms with van der Waals surface area (Å²) >= 11 is 6.12. The molecular weight excluding hydrogens is 492 g/mol. The van der Waals surface area contributed by atoms with Crippen molar-refractivity contribution in [3.63, 3.8) is 0 Å². The molecule has 5 rings (SSSR count). The van der Waals surface area contributed by atoms with Gasteiger partial charge in [-0.3, -0.25) is 9.59 Å². The molecular formula is C26H23ClF2N3O4+. The van der Waals surface area contributed by atoms with E-state index in [1.165, 1.54) is 31.4 Å². The second-order valence-electron chi connectivity index (χ2n) is 8.75. The first-order valence-corrected chi connectivity index (χ1v) is 11.8. The molecule has 2 aliphatic rings. The van der Waals surface area contributed by atoms with Crippen molar-refractivity contribution < 1.29 is 33.8 Å². The van der Waals surface area contributed by atoms with E-state index >= 15 is 4.39 Å². The molecule has 2 heterocycles. The third-order valence-electron chi connectivity index (χ3n) is 6.81. The first-order chi connectivity index (χ1) is 17.3. The monoisotopic (exact) mass is 514 g/mol. The van der Waals surface area contributed by atoms with Crippen molar-refractivity contribution in [1.82, 2.24) is 0 Å². The number of fused-ring (bicyclic) bond motifs is 1. The van der Waals surface area contributed by atoms with Gasteiger partial charge in [-0.15, -0.1) is 0 Å². The summed E-state index contributed by atoms with van der Waals surface area (Å²) in [6, 6.07) is 11.8. The van der Waals surface area contributed by atoms with E-state index < -0.39 is 23.4 Å². The van der Waals surface area contributed by atoms with E-state index in [9.17, 15) is 14.0 Å². The summed E-state index contributed by atoms with van der Waals surface area (Å²) in [5, 5.41) is 9.39. The second kappa shape index (κ2) is 9.50. The van der Waals surface area contributed by atoms with Gasteiger partial charge >= 0.3 is 0 Å². The number of halogens is 3. The number of anilines is 2. The SMILES string of the molecule is COc1cc(C2CCN(c3cc(Cl)c([NH2+]O)cc3F)CC2)c(F)cc1N1C(=O)c2ccccc2C1=O. The zero-order valence-electron chi connectivity index (χ0n) is 19.3. The zero-order valence-corrected chi connectivity index (χ0v) is 20.1. The first-order valence-electron chi connectivity index (χ1n) is 11.4. The smallest absolute Gasteiger partial charge is 0.266 e. The number of hydrogen-bond acceptors (Lipinski definition) is 5. The molecule has 0 radical (unpaired) electrons. The predicted molar refractivity (Wildman–Crippen MR) is 130 cm³/mol. The largest absolute Gasteiger partial charge is 0.495 e. The maximum absolute atomic E-state index is 15.4. The van der Waals surface area contributed by atoms with Crippen molar-refractivity contribution in [1.29, 1.82) is 0 Å². The molecule has 1 fully saturated rings. The number of imide groups is 1. The summed E-state index contributed by atoms with van der Waals surface area (Å²) in [4.78, 5) is 28.6. The molecule has 2 amide bonds. The normalized spacial score (nSPS) is 16.0. The predicted octanol–water partition coefficient (Wildman–Crippen LogP) is 4.40. The quantitative estimate of drug-likeness (QED) is 0.299. The van der Waals surface area contributed by atoms with Crippen LogP contribution >= 0.6 is 11.6 Å². The second-order valence-corrected chi connectivity index (χ2v) is 9.16. The fraction of sp³-hybridized carbons (Fsp3) is 0.231. The number of carbonyl (C=O) groups is 2. The lowest BCUT2D eigenvalue weighted by atomic mass is 9.88. The van der Waals surface area contributed by atoms with Gasteiger partial charge in [-0.1, -0.05) is 23.7 Å². The molecule has 1 saturated heterocycles. The molecule has 10 heteroatoms. The minimum Gasteiger partial charge on any atom is -0.495 e. The number of quaternary nitrogens is 1. The van der Waals surface area contributed by atoms with E-state index in [-0.39, 0.29) is 39.2 Å². The molecule has 186 valence electrons. The van der Waals surface area contributed by atoms with Crippen LogP contribution < -0.4 is 20.0 Å². The Bertz CT molecular complexity index is 1340. The number of rotatable bonds is 5. The van der Waals surface area contributed by atoms with E-state index in [4.69, 9.17) is 21.5 Å². The van der Waals surface area contributed by atoms with Gasteiger partial charge < -0.3 is 9.64 Å². The van der Waals surface area contributed by atoms with Gasteiger partial charge in [0.05, 0.1) is 29.6 Å². The standard InChI is InChI=1S/C26H22ClF2N3O4/c1-36-24-10-17(14-6-8-31(9-7-14)22-11-18(27)21(30-35)12-20(22)29)19(28)13-23(24)32-25(33)15-4-2-3-5-16(15)26(32)34/h2-5,10-14,30,35H,6-9H2,1H3/p+1. The van der Waals surface area contributed by atoms with Crippen molar-refractivity contribution in [2.75, 3.05) is 30.0 Å². The van der Waals surface area contributed by atoms with Crippen LogP contribution in [0.25, 0.3) is 0 Å². The molecule has 0 atom stereocenters. The number of nitrogens with two attached hydrogens (primary N) is 1. The van der Waals surface area contributed by atoms with Crippen LogP contribution in [-0.4, -0.2) is 37.2 Å². The van der Waals surface area contributed by atoms with Gasteiger partial charge in [0.1, 0.15) is 16.6 Å². The van der Waals surface area contributed by atoms with Gasteiger partial charge in [0.15, 0.2) is 11.5 Å². The molecule has 0 aromatic heterocycles. The third kappa shape index (κ3) is 3.99. The van der Waals surface area contributed by atoms with Crippen LogP contribution in [0.5, 0.6) is 5.75 Å². The number of amides is 2. The van der Waals surface area contributed by atoms with Crippen LogP contribution in [0.4, 0.5) is 25.8 Å². The van der Waals surface area contributed by atoms with Crippen LogP contribution in [0.2, 0.25) is 5.02 Å². The highest BCUT2D eigenvalue weighted by atomic mass is 35.5. The Morgan fingerprint density at radius 2 is 1.61 bits per heavy atom. The molecule has 3 aromatic carbocycles. The van der Waals surface area contributed by atoms with Crippen LogP contribution in [0.1, 0.15) is 45.0 Å². The summed E-state index contributed by atoms with van der Waals surface area (Å²) in [6.07, 6.45) is 1.08. The summed E-state index contributed by atoms with van der Waals surface area (Å²) in [7, 11) is 1.40. The number of nitrogens with zero attached hydrogens (tertiary/aromatic N) is 2. The van der Waals surface area contributed by atoms with Crippen LogP contribution in [0.15, 0.2) is 48.5 Å². The highest BCUT2D eigenvalue weighted by Gasteiger charge is 2.38. The van der Waals surface area contributed by atoms with Crippen LogP contribution in [0.3, 0.4) is 0 Å². The van der Waals surface area contributed by atoms with Crippen molar-refractivity contribution in [2.24, 2.45) is 0 Å². The summed E-state index contributed by atoms with van der Waals surface area (Å²) < 4.78 is 35.4. The van der Waals surface area contributed by atoms with Crippen LogP contribution in [-0.2, 0) is 0 Å². The van der Waals surface area contributed by atoms with Gasteiger partial charge in [0, 0.05) is 25.2 Å². The Hall–Kier alpha value is -3.53. The lowest BCUT2D eigenvalue weighted by Crippen LogP contribution is -2.73. The van der Waals surface area contributed by atoms with Gasteiger partial charge in [0.2, 0.25) is 0 Å². The van der Waals surface area contributed by atoms with Crippen molar-refractivity contribution in [2.45, 2.75) is 18.8 Å².